The number of hydrogen-bond donors (Lipinski definition) is 2. The van der Waals surface area contributed by atoms with Gasteiger partial charge < -0.3 is 10.6 Å². The van der Waals surface area contributed by atoms with Crippen molar-refractivity contribution in [2.45, 2.75) is 45.1 Å². The molecule has 1 heterocycles. The van der Waals surface area contributed by atoms with Crippen molar-refractivity contribution in [1.82, 2.24) is 0 Å². The highest BCUT2D eigenvalue weighted by molar-refractivity contribution is 9.10. The van der Waals surface area contributed by atoms with Crippen molar-refractivity contribution < 1.29 is 0 Å². The molecule has 104 valence electrons. The van der Waals surface area contributed by atoms with Gasteiger partial charge in [-0.25, -0.2) is 0 Å². The molecule has 0 saturated carbocycles. The van der Waals surface area contributed by atoms with Gasteiger partial charge in [-0.2, -0.15) is 0 Å². The van der Waals surface area contributed by atoms with Gasteiger partial charge in [0.1, 0.15) is 5.84 Å². The van der Waals surface area contributed by atoms with Gasteiger partial charge in [0.15, 0.2) is 0 Å². The molecule has 0 bridgehead atoms. The SMILES string of the molecule is CCCC1CCCCN1c1ccc(C(=N)N)cc1Br. The van der Waals surface area contributed by atoms with Crippen molar-refractivity contribution in [3.8, 4) is 0 Å². The summed E-state index contributed by atoms with van der Waals surface area (Å²) in [5, 5.41) is 7.50. The van der Waals surface area contributed by atoms with Gasteiger partial charge >= 0.3 is 0 Å². The van der Waals surface area contributed by atoms with Crippen LogP contribution in [-0.4, -0.2) is 18.4 Å². The summed E-state index contributed by atoms with van der Waals surface area (Å²) < 4.78 is 1.04. The molecular weight excluding hydrogens is 302 g/mol. The molecule has 19 heavy (non-hydrogen) atoms. The third-order valence-corrected chi connectivity index (χ3v) is 4.45. The minimum Gasteiger partial charge on any atom is -0.384 e. The number of amidine groups is 1. The van der Waals surface area contributed by atoms with E-state index in [4.69, 9.17) is 11.1 Å². The van der Waals surface area contributed by atoms with Crippen LogP contribution in [0.15, 0.2) is 22.7 Å². The average Bonchev–Trinajstić information content (AvgIpc) is 2.40. The Balaban J connectivity index is 2.26. The number of hydrogen-bond acceptors (Lipinski definition) is 2. The number of nitrogens with two attached hydrogens (primary N) is 1. The number of nitrogens with one attached hydrogen (secondary N) is 1. The van der Waals surface area contributed by atoms with Crippen LogP contribution in [-0.2, 0) is 0 Å². The molecule has 1 aliphatic rings. The maximum Gasteiger partial charge on any atom is 0.122 e. The summed E-state index contributed by atoms with van der Waals surface area (Å²) in [7, 11) is 0. The largest absolute Gasteiger partial charge is 0.384 e. The molecule has 1 unspecified atom stereocenters. The van der Waals surface area contributed by atoms with Crippen LogP contribution in [0.5, 0.6) is 0 Å². The van der Waals surface area contributed by atoms with Crippen LogP contribution in [0.25, 0.3) is 0 Å². The second kappa shape index (κ2) is 6.42. The number of nitrogens with zero attached hydrogens (tertiary/aromatic N) is 1. The van der Waals surface area contributed by atoms with Gasteiger partial charge in [0, 0.05) is 22.6 Å². The number of anilines is 1. The van der Waals surface area contributed by atoms with Crippen molar-refractivity contribution in [2.24, 2.45) is 5.73 Å². The number of nitrogen functional groups attached to an aromatic ring is 1. The molecule has 1 saturated heterocycles. The second-order valence-corrected chi connectivity index (χ2v) is 6.07. The standard InChI is InChI=1S/C15H22BrN3/c1-2-5-12-6-3-4-9-19(12)14-8-7-11(15(17)18)10-13(14)16/h7-8,10,12H,2-6,9H2,1H3,(H3,17,18). The minimum atomic E-state index is 0.121. The molecule has 3 nitrogen and oxygen atoms in total. The van der Waals surface area contributed by atoms with Crippen molar-refractivity contribution >= 4 is 27.5 Å². The Morgan fingerprint density at radius 2 is 2.26 bits per heavy atom. The quantitative estimate of drug-likeness (QED) is 0.652. The maximum atomic E-state index is 7.50. The lowest BCUT2D eigenvalue weighted by Crippen LogP contribution is -2.39. The van der Waals surface area contributed by atoms with E-state index in [1.807, 2.05) is 12.1 Å². The number of rotatable bonds is 4. The molecule has 0 amide bonds. The number of piperidine rings is 1. The van der Waals surface area contributed by atoms with Crippen LogP contribution in [0.1, 0.15) is 44.6 Å². The van der Waals surface area contributed by atoms with E-state index in [2.05, 4.69) is 33.8 Å². The third kappa shape index (κ3) is 3.30. The normalized spacial score (nSPS) is 19.5. The van der Waals surface area contributed by atoms with Gasteiger partial charge in [0.25, 0.3) is 0 Å². The Morgan fingerprint density at radius 3 is 2.89 bits per heavy atom. The summed E-state index contributed by atoms with van der Waals surface area (Å²) in [6.45, 7) is 3.38. The van der Waals surface area contributed by atoms with Crippen LogP contribution >= 0.6 is 15.9 Å². The van der Waals surface area contributed by atoms with Crippen LogP contribution in [0.2, 0.25) is 0 Å². The Morgan fingerprint density at radius 1 is 1.47 bits per heavy atom. The van der Waals surface area contributed by atoms with Crippen molar-refractivity contribution in [1.29, 1.82) is 5.41 Å². The van der Waals surface area contributed by atoms with Crippen LogP contribution in [0, 0.1) is 5.41 Å². The molecule has 1 aromatic carbocycles. The highest BCUT2D eigenvalue weighted by Crippen LogP contribution is 2.33. The predicted octanol–water partition coefficient (Wildman–Crippen LogP) is 3.89. The molecule has 0 aliphatic carbocycles. The maximum absolute atomic E-state index is 7.50. The predicted molar refractivity (Wildman–Crippen MR) is 85.1 cm³/mol. The van der Waals surface area contributed by atoms with E-state index >= 15 is 0 Å². The molecule has 0 aromatic heterocycles. The van der Waals surface area contributed by atoms with E-state index in [9.17, 15) is 0 Å². The van der Waals surface area contributed by atoms with Gasteiger partial charge in [-0.15, -0.1) is 0 Å². The third-order valence-electron chi connectivity index (χ3n) is 3.82. The van der Waals surface area contributed by atoms with E-state index in [1.54, 1.807) is 0 Å². The van der Waals surface area contributed by atoms with Crippen LogP contribution in [0.3, 0.4) is 0 Å². The summed E-state index contributed by atoms with van der Waals surface area (Å²) in [4.78, 5) is 2.51. The number of benzene rings is 1. The topological polar surface area (TPSA) is 53.1 Å². The molecule has 1 aromatic rings. The van der Waals surface area contributed by atoms with Gasteiger partial charge in [-0.1, -0.05) is 13.3 Å². The fourth-order valence-corrected chi connectivity index (χ4v) is 3.46. The second-order valence-electron chi connectivity index (χ2n) is 5.21. The first-order chi connectivity index (χ1) is 9.13. The van der Waals surface area contributed by atoms with E-state index in [0.717, 1.165) is 16.6 Å². The molecule has 1 aliphatic heterocycles. The van der Waals surface area contributed by atoms with Gasteiger partial charge in [-0.05, 0) is 59.8 Å². The Labute approximate surface area is 123 Å². The molecule has 1 atom stereocenters. The Bertz CT molecular complexity index is 457. The Kier molecular flexibility index (Phi) is 4.86. The van der Waals surface area contributed by atoms with Crippen LogP contribution in [0.4, 0.5) is 5.69 Å². The fourth-order valence-electron chi connectivity index (χ4n) is 2.86. The van der Waals surface area contributed by atoms with Crippen molar-refractivity contribution in [2.75, 3.05) is 11.4 Å². The summed E-state index contributed by atoms with van der Waals surface area (Å²) >= 11 is 3.64. The first-order valence-corrected chi connectivity index (χ1v) is 7.83. The van der Waals surface area contributed by atoms with Gasteiger partial charge in [0.05, 0.1) is 5.69 Å². The van der Waals surface area contributed by atoms with Crippen LogP contribution < -0.4 is 10.6 Å². The van der Waals surface area contributed by atoms with E-state index < -0.39 is 0 Å². The van der Waals surface area contributed by atoms with Gasteiger partial charge in [-0.3, -0.25) is 5.41 Å². The zero-order valence-corrected chi connectivity index (χ0v) is 13.0. The molecular formula is C15H22BrN3. The lowest BCUT2D eigenvalue weighted by atomic mass is 9.97. The highest BCUT2D eigenvalue weighted by Gasteiger charge is 2.23. The zero-order valence-electron chi connectivity index (χ0n) is 11.5. The molecule has 0 radical (unpaired) electrons. The molecule has 2 rings (SSSR count). The minimum absolute atomic E-state index is 0.121. The lowest BCUT2D eigenvalue weighted by Gasteiger charge is -2.38. The van der Waals surface area contributed by atoms with Crippen molar-refractivity contribution in [3.63, 3.8) is 0 Å². The number of halogens is 1. The lowest BCUT2D eigenvalue weighted by molar-refractivity contribution is 0.434. The molecule has 1 fully saturated rings. The molecule has 0 spiro atoms. The first-order valence-electron chi connectivity index (χ1n) is 7.04. The summed E-state index contributed by atoms with van der Waals surface area (Å²) in [5.41, 5.74) is 7.55. The monoisotopic (exact) mass is 323 g/mol. The smallest absolute Gasteiger partial charge is 0.122 e. The first kappa shape index (κ1) is 14.4. The highest BCUT2D eigenvalue weighted by atomic mass is 79.9. The zero-order chi connectivity index (χ0) is 13.8. The van der Waals surface area contributed by atoms with E-state index in [-0.39, 0.29) is 5.84 Å². The Hall–Kier alpha value is -1.03. The molecule has 3 N–H and O–H groups in total. The fraction of sp³-hybridized carbons (Fsp3) is 0.533. The summed E-state index contributed by atoms with van der Waals surface area (Å²) in [6, 6.07) is 6.64. The average molecular weight is 324 g/mol. The van der Waals surface area contributed by atoms with Crippen molar-refractivity contribution in [3.05, 3.63) is 28.2 Å². The van der Waals surface area contributed by atoms with E-state index in [1.165, 1.54) is 37.8 Å². The summed E-state index contributed by atoms with van der Waals surface area (Å²) in [6.07, 6.45) is 6.37. The van der Waals surface area contributed by atoms with E-state index in [0.29, 0.717) is 6.04 Å². The van der Waals surface area contributed by atoms with Gasteiger partial charge in [0.2, 0.25) is 0 Å². The summed E-state index contributed by atoms with van der Waals surface area (Å²) in [5.74, 6) is 0.121. The molecule has 4 heteroatoms.